The molecule has 368 valence electrons. The lowest BCUT2D eigenvalue weighted by molar-refractivity contribution is -0.308. The van der Waals surface area contributed by atoms with Gasteiger partial charge in [-0.15, -0.1) is 0 Å². The molecule has 3 aliphatic heterocycles. The average molecular weight is 924 g/mol. The number of fused-ring (bicyclic) bond motifs is 2. The van der Waals surface area contributed by atoms with E-state index in [2.05, 4.69) is 0 Å². The van der Waals surface area contributed by atoms with E-state index in [0.29, 0.717) is 0 Å². The number of cyclic esters (lactones) is 1. The topological polar surface area (TPSA) is 320 Å². The van der Waals surface area contributed by atoms with E-state index in [1.165, 1.54) is 13.0 Å². The van der Waals surface area contributed by atoms with E-state index in [4.69, 9.17) is 24.7 Å². The highest BCUT2D eigenvalue weighted by atomic mass is 16.7. The van der Waals surface area contributed by atoms with Crippen LogP contribution in [0.3, 0.4) is 0 Å². The van der Waals surface area contributed by atoms with Crippen LogP contribution in [0.2, 0.25) is 0 Å². The Morgan fingerprint density at radius 2 is 1.23 bits per heavy atom. The van der Waals surface area contributed by atoms with Crippen molar-refractivity contribution in [2.24, 2.45) is 23.5 Å². The summed E-state index contributed by atoms with van der Waals surface area (Å²) in [5.41, 5.74) is 6.02. The molecule has 19 atom stereocenters. The van der Waals surface area contributed by atoms with Crippen molar-refractivity contribution in [3.8, 4) is 0 Å². The third-order valence-electron chi connectivity index (χ3n) is 12.0. The molecule has 2 fully saturated rings. The number of aliphatic carboxylic acids is 1. The largest absolute Gasteiger partial charge is 0.481 e. The van der Waals surface area contributed by atoms with E-state index < -0.39 is 147 Å². The Morgan fingerprint density at radius 3 is 1.82 bits per heavy atom. The molecule has 0 aromatic rings. The van der Waals surface area contributed by atoms with Crippen molar-refractivity contribution >= 4 is 11.9 Å². The van der Waals surface area contributed by atoms with Crippen LogP contribution < -0.4 is 5.73 Å². The van der Waals surface area contributed by atoms with Gasteiger partial charge in [0.15, 0.2) is 12.1 Å². The Bertz CT molecular complexity index is 1670. The highest BCUT2D eigenvalue weighted by Gasteiger charge is 2.51. The predicted octanol–water partition coefficient (Wildman–Crippen LogP) is 0.712. The highest BCUT2D eigenvalue weighted by molar-refractivity contribution is 5.71. The molecular formula is C47H73NO17. The maximum Gasteiger partial charge on any atom is 0.311 e. The fourth-order valence-corrected chi connectivity index (χ4v) is 7.97. The molecule has 18 heteroatoms. The molecule has 0 aromatic heterocycles. The van der Waals surface area contributed by atoms with Gasteiger partial charge in [0.05, 0.1) is 79.6 Å². The summed E-state index contributed by atoms with van der Waals surface area (Å²) < 4.78 is 23.1. The van der Waals surface area contributed by atoms with Gasteiger partial charge in [0.2, 0.25) is 0 Å². The van der Waals surface area contributed by atoms with Gasteiger partial charge < -0.3 is 80.9 Å². The molecule has 0 spiro atoms. The quantitative estimate of drug-likeness (QED) is 0.174. The predicted molar refractivity (Wildman–Crippen MR) is 237 cm³/mol. The smallest absolute Gasteiger partial charge is 0.311 e. The van der Waals surface area contributed by atoms with Crippen molar-refractivity contribution in [3.63, 3.8) is 0 Å². The van der Waals surface area contributed by atoms with Gasteiger partial charge in [0.1, 0.15) is 18.1 Å². The molecule has 0 saturated carbocycles. The summed E-state index contributed by atoms with van der Waals surface area (Å²) in [6.45, 7) is 6.74. The van der Waals surface area contributed by atoms with Gasteiger partial charge in [0.25, 0.3) is 0 Å². The SMILES string of the molecule is C[C@@H]1[C@H](O)[C@@H](C)/C=C/C=C/C=C/C=C/C=C/C=C/C=C/[C@H](O[C@@H]2O[C@H](C)[C@@H](O)[C@H](N)[C@@H]2O)C[C@@H]2O[C@@](O)(C[C@@H](O)C[C@@H](O)[C@H](O)CC[C@@H](O)C[C@@H](O)CC(=O)O[C@H]1C)C[C@H](O)[C@@H]2C(=O)O. The second-order valence-electron chi connectivity index (χ2n) is 17.6. The van der Waals surface area contributed by atoms with Crippen LogP contribution in [0.15, 0.2) is 85.1 Å². The van der Waals surface area contributed by atoms with Gasteiger partial charge in [-0.1, -0.05) is 98.9 Å². The summed E-state index contributed by atoms with van der Waals surface area (Å²) in [7, 11) is 0. The zero-order valence-electron chi connectivity index (χ0n) is 37.6. The van der Waals surface area contributed by atoms with E-state index in [0.717, 1.165) is 0 Å². The van der Waals surface area contributed by atoms with Gasteiger partial charge in [-0.2, -0.15) is 0 Å². The number of carbonyl (C=O) groups excluding carboxylic acids is 1. The Morgan fingerprint density at radius 1 is 0.662 bits per heavy atom. The molecule has 3 aliphatic rings. The van der Waals surface area contributed by atoms with Gasteiger partial charge in [-0.25, -0.2) is 0 Å². The van der Waals surface area contributed by atoms with Gasteiger partial charge in [0, 0.05) is 37.5 Å². The van der Waals surface area contributed by atoms with Crippen LogP contribution in [-0.2, 0) is 28.5 Å². The summed E-state index contributed by atoms with van der Waals surface area (Å²) >= 11 is 0. The van der Waals surface area contributed by atoms with E-state index in [9.17, 15) is 65.8 Å². The Hall–Kier alpha value is -3.44. The number of aliphatic hydroxyl groups excluding tert-OH is 9. The first-order valence-electron chi connectivity index (χ1n) is 22.3. The molecule has 3 heterocycles. The highest BCUT2D eigenvalue weighted by Crippen LogP contribution is 2.38. The van der Waals surface area contributed by atoms with Crippen LogP contribution in [0.1, 0.15) is 79.1 Å². The third-order valence-corrected chi connectivity index (χ3v) is 12.0. The van der Waals surface area contributed by atoms with E-state index in [1.54, 1.807) is 80.7 Å². The average Bonchev–Trinajstić information content (AvgIpc) is 3.21. The summed E-state index contributed by atoms with van der Waals surface area (Å²) in [4.78, 5) is 25.1. The number of aliphatic hydroxyl groups is 10. The fraction of sp³-hybridized carbons (Fsp3) is 0.660. The molecule has 0 amide bonds. The van der Waals surface area contributed by atoms with Crippen LogP contribution >= 0.6 is 0 Å². The van der Waals surface area contributed by atoms with E-state index in [-0.39, 0.29) is 31.6 Å². The number of hydrogen-bond acceptors (Lipinski definition) is 17. The minimum absolute atomic E-state index is 0.107. The molecular weight excluding hydrogens is 851 g/mol. The van der Waals surface area contributed by atoms with Crippen molar-refractivity contribution in [3.05, 3.63) is 85.1 Å². The molecule has 0 aromatic carbocycles. The van der Waals surface area contributed by atoms with Crippen LogP contribution in [0.4, 0.5) is 0 Å². The number of nitrogens with two attached hydrogens (primary N) is 1. The third kappa shape index (κ3) is 18.6. The standard InChI is InChI=1S/C47H73NO17/c1-27-17-15-13-11-9-7-5-6-8-10-12-14-16-18-34(64-46-44(58)41(48)43(57)30(4)63-46)24-38-40(45(59)60)37(54)26-47(61,65-38)25-33(51)22-36(53)35(52)20-19-31(49)21-32(50)23-39(55)62-29(3)28(2)42(27)56/h5-18,27-38,40-44,46,49-54,56-58,61H,19-26,48H2,1-4H3,(H,59,60)/b6-5+,9-7+,10-8+,13-11+,14-12+,17-15+,18-16+/t27-,28-,29-,30+,31+,32+,33-,34-,35+,36+,37-,38-,40-,41-,42+,43+,44-,46-,47-/m0/s1. The molecule has 0 unspecified atom stereocenters. The lowest BCUT2D eigenvalue weighted by Crippen LogP contribution is -2.61. The minimum atomic E-state index is -2.33. The maximum absolute atomic E-state index is 12.6. The molecule has 65 heavy (non-hydrogen) atoms. The van der Waals surface area contributed by atoms with Crippen LogP contribution in [-0.4, -0.2) is 166 Å². The summed E-state index contributed by atoms with van der Waals surface area (Å²) in [6, 6.07) is -1.15. The monoisotopic (exact) mass is 923 g/mol. The molecule has 0 aliphatic carbocycles. The van der Waals surface area contributed by atoms with E-state index >= 15 is 0 Å². The molecule has 3 rings (SSSR count). The van der Waals surface area contributed by atoms with Crippen LogP contribution in [0.25, 0.3) is 0 Å². The second-order valence-corrected chi connectivity index (χ2v) is 17.6. The second kappa shape index (κ2) is 27.4. The number of rotatable bonds is 3. The molecule has 2 saturated heterocycles. The molecule has 13 N–H and O–H groups in total. The normalized spacial score (nSPS) is 45.5. The maximum atomic E-state index is 12.6. The van der Waals surface area contributed by atoms with E-state index in [1.807, 2.05) is 19.1 Å². The molecule has 18 nitrogen and oxygen atoms in total. The number of carboxylic acids is 1. The van der Waals surface area contributed by atoms with Crippen LogP contribution in [0.5, 0.6) is 0 Å². The first-order valence-corrected chi connectivity index (χ1v) is 22.3. The summed E-state index contributed by atoms with van der Waals surface area (Å²) in [5.74, 6) is -6.83. The number of hydrogen-bond donors (Lipinski definition) is 12. The van der Waals surface area contributed by atoms with Crippen molar-refractivity contribution < 1.29 is 84.7 Å². The summed E-state index contributed by atoms with van der Waals surface area (Å²) in [5, 5.41) is 118. The first-order chi connectivity index (χ1) is 30.6. The van der Waals surface area contributed by atoms with Crippen molar-refractivity contribution in [2.75, 3.05) is 0 Å². The molecule has 0 radical (unpaired) electrons. The molecule has 2 bridgehead atoms. The van der Waals surface area contributed by atoms with Crippen LogP contribution in [0, 0.1) is 17.8 Å². The Balaban J connectivity index is 1.86. The van der Waals surface area contributed by atoms with Crippen molar-refractivity contribution in [1.29, 1.82) is 0 Å². The Labute approximate surface area is 381 Å². The minimum Gasteiger partial charge on any atom is -0.481 e. The lowest BCUT2D eigenvalue weighted by atomic mass is 9.82. The zero-order chi connectivity index (χ0) is 48.4. The fourth-order valence-electron chi connectivity index (χ4n) is 7.97. The first kappa shape index (κ1) is 55.9. The number of esters is 1. The zero-order valence-corrected chi connectivity index (χ0v) is 37.6. The number of carboxylic acid groups (broad SMARTS) is 1. The number of allylic oxidation sites excluding steroid dienone is 12. The van der Waals surface area contributed by atoms with Crippen molar-refractivity contribution in [1.82, 2.24) is 0 Å². The van der Waals surface area contributed by atoms with Crippen molar-refractivity contribution in [2.45, 2.75) is 177 Å². The number of ether oxygens (including phenoxy) is 4. The lowest BCUT2D eigenvalue weighted by Gasteiger charge is -2.45. The Kier molecular flexibility index (Phi) is 23.6. The van der Waals surface area contributed by atoms with Gasteiger partial charge in [-0.3, -0.25) is 9.59 Å². The summed E-state index contributed by atoms with van der Waals surface area (Å²) in [6.07, 6.45) is 3.46. The van der Waals surface area contributed by atoms with Gasteiger partial charge >= 0.3 is 11.9 Å². The number of carbonyl (C=O) groups is 2. The van der Waals surface area contributed by atoms with Gasteiger partial charge in [-0.05, 0) is 33.1 Å².